The summed E-state index contributed by atoms with van der Waals surface area (Å²) in [4.78, 5) is 8.98. The van der Waals surface area contributed by atoms with Crippen LogP contribution in [0.5, 0.6) is 0 Å². The van der Waals surface area contributed by atoms with E-state index in [-0.39, 0.29) is 16.2 Å². The Kier molecular flexibility index (Phi) is 6.42. The minimum absolute atomic E-state index is 0.0117. The maximum absolute atomic E-state index is 13.2. The highest BCUT2D eigenvalue weighted by Crippen LogP contribution is 2.37. The van der Waals surface area contributed by atoms with E-state index < -0.39 is 11.7 Å². The van der Waals surface area contributed by atoms with E-state index in [2.05, 4.69) is 36.5 Å². The molecule has 0 bridgehead atoms. The fourth-order valence-electron chi connectivity index (χ4n) is 2.62. The van der Waals surface area contributed by atoms with Crippen LogP contribution >= 0.6 is 15.9 Å². The fraction of sp³-hybridized carbons (Fsp3) is 0.238. The summed E-state index contributed by atoms with van der Waals surface area (Å²) in [6.07, 6.45) is -3.58. The van der Waals surface area contributed by atoms with Gasteiger partial charge in [0.25, 0.3) is 0 Å². The Hall–Kier alpha value is -2.61. The van der Waals surface area contributed by atoms with Crippen LogP contribution in [0.2, 0.25) is 0 Å². The fourth-order valence-corrected chi connectivity index (χ4v) is 3.09. The molecule has 0 saturated heterocycles. The molecular formula is C21H20BrF3N4. The number of aromatic nitrogens is 2. The Morgan fingerprint density at radius 3 is 2.41 bits per heavy atom. The van der Waals surface area contributed by atoms with Crippen LogP contribution in [0.25, 0.3) is 11.3 Å². The van der Waals surface area contributed by atoms with Crippen molar-refractivity contribution in [2.75, 3.05) is 10.6 Å². The molecule has 1 aromatic heterocycles. The number of benzene rings is 2. The van der Waals surface area contributed by atoms with Crippen molar-refractivity contribution in [3.05, 3.63) is 64.6 Å². The number of alkyl halides is 3. The maximum atomic E-state index is 13.2. The van der Waals surface area contributed by atoms with Gasteiger partial charge in [-0.1, -0.05) is 53.2 Å². The Bertz CT molecular complexity index is 977. The number of nitrogens with one attached hydrogen (secondary N) is 2. The van der Waals surface area contributed by atoms with Gasteiger partial charge in [0.15, 0.2) is 0 Å². The average Bonchev–Trinajstić information content (AvgIpc) is 2.69. The van der Waals surface area contributed by atoms with Crippen LogP contribution in [0.3, 0.4) is 0 Å². The van der Waals surface area contributed by atoms with E-state index in [0.717, 1.165) is 18.1 Å². The van der Waals surface area contributed by atoms with Crippen molar-refractivity contribution in [1.29, 1.82) is 0 Å². The first-order valence-corrected chi connectivity index (χ1v) is 9.90. The van der Waals surface area contributed by atoms with Crippen molar-refractivity contribution < 1.29 is 13.2 Å². The van der Waals surface area contributed by atoms with Crippen LogP contribution in [0, 0.1) is 0 Å². The molecule has 3 rings (SSSR count). The van der Waals surface area contributed by atoms with Gasteiger partial charge in [-0.3, -0.25) is 0 Å². The second-order valence-corrected chi connectivity index (χ2v) is 7.45. The second-order valence-electron chi connectivity index (χ2n) is 6.60. The van der Waals surface area contributed by atoms with E-state index in [1.807, 2.05) is 44.2 Å². The molecule has 0 fully saturated rings. The minimum atomic E-state index is -4.46. The Morgan fingerprint density at radius 1 is 1.03 bits per heavy atom. The molecule has 0 aliphatic rings. The van der Waals surface area contributed by atoms with Gasteiger partial charge < -0.3 is 10.6 Å². The van der Waals surface area contributed by atoms with Gasteiger partial charge in [-0.15, -0.1) is 0 Å². The lowest BCUT2D eigenvalue weighted by Crippen LogP contribution is -2.16. The van der Waals surface area contributed by atoms with Gasteiger partial charge in [0.1, 0.15) is 5.82 Å². The SMILES string of the molecule is CC[C@H](C)Nc1nc(Nc2ccc(Br)c(C(F)(F)F)c2)cc(-c2ccccc2)n1. The zero-order chi connectivity index (χ0) is 21.0. The normalized spacial score (nSPS) is 12.5. The Morgan fingerprint density at radius 2 is 1.76 bits per heavy atom. The first-order chi connectivity index (χ1) is 13.8. The summed E-state index contributed by atoms with van der Waals surface area (Å²) in [6, 6.07) is 15.4. The number of anilines is 3. The summed E-state index contributed by atoms with van der Waals surface area (Å²) < 4.78 is 39.6. The molecular weight excluding hydrogens is 445 g/mol. The standard InChI is InChI=1S/C21H20BrF3N4/c1-3-13(2)26-20-28-18(14-7-5-4-6-8-14)12-19(29-20)27-15-9-10-17(22)16(11-15)21(23,24)25/h4-13H,3H2,1-2H3,(H2,26,27,28,29)/t13-/m0/s1. The number of hydrogen-bond donors (Lipinski definition) is 2. The van der Waals surface area contributed by atoms with Crippen LogP contribution in [0.15, 0.2) is 59.1 Å². The van der Waals surface area contributed by atoms with Gasteiger partial charge in [0.2, 0.25) is 5.95 Å². The van der Waals surface area contributed by atoms with Crippen LogP contribution in [0.1, 0.15) is 25.8 Å². The monoisotopic (exact) mass is 464 g/mol. The number of nitrogens with zero attached hydrogens (tertiary/aromatic N) is 2. The summed E-state index contributed by atoms with van der Waals surface area (Å²) in [5.74, 6) is 0.816. The molecule has 8 heteroatoms. The van der Waals surface area contributed by atoms with Gasteiger partial charge in [-0.05, 0) is 31.5 Å². The Labute approximate surface area is 175 Å². The van der Waals surface area contributed by atoms with E-state index in [4.69, 9.17) is 0 Å². The molecule has 4 nitrogen and oxygen atoms in total. The molecule has 0 amide bonds. The molecule has 152 valence electrons. The number of hydrogen-bond acceptors (Lipinski definition) is 4. The third kappa shape index (κ3) is 5.47. The van der Waals surface area contributed by atoms with Gasteiger partial charge in [-0.2, -0.15) is 18.2 Å². The van der Waals surface area contributed by atoms with Gasteiger partial charge in [-0.25, -0.2) is 4.98 Å². The van der Waals surface area contributed by atoms with Crippen molar-refractivity contribution in [1.82, 2.24) is 9.97 Å². The number of rotatable bonds is 6. The molecule has 0 radical (unpaired) electrons. The van der Waals surface area contributed by atoms with Crippen LogP contribution in [-0.4, -0.2) is 16.0 Å². The van der Waals surface area contributed by atoms with Crippen molar-refractivity contribution in [3.63, 3.8) is 0 Å². The van der Waals surface area contributed by atoms with Crippen LogP contribution in [-0.2, 0) is 6.18 Å². The van der Waals surface area contributed by atoms with E-state index in [9.17, 15) is 13.2 Å². The summed E-state index contributed by atoms with van der Waals surface area (Å²) in [5, 5.41) is 6.20. The zero-order valence-electron chi connectivity index (χ0n) is 15.9. The highest BCUT2D eigenvalue weighted by molar-refractivity contribution is 9.10. The largest absolute Gasteiger partial charge is 0.417 e. The molecule has 1 heterocycles. The topological polar surface area (TPSA) is 49.8 Å². The van der Waals surface area contributed by atoms with Gasteiger partial charge >= 0.3 is 6.18 Å². The quantitative estimate of drug-likeness (QED) is 0.417. The zero-order valence-corrected chi connectivity index (χ0v) is 17.5. The molecule has 0 aliphatic heterocycles. The molecule has 2 N–H and O–H groups in total. The van der Waals surface area contributed by atoms with E-state index >= 15 is 0 Å². The van der Waals surface area contributed by atoms with Crippen molar-refractivity contribution in [2.24, 2.45) is 0 Å². The van der Waals surface area contributed by atoms with E-state index in [1.54, 1.807) is 12.1 Å². The predicted octanol–water partition coefficient (Wildman–Crippen LogP) is 6.88. The molecule has 1 atom stereocenters. The maximum Gasteiger partial charge on any atom is 0.417 e. The lowest BCUT2D eigenvalue weighted by molar-refractivity contribution is -0.138. The summed E-state index contributed by atoms with van der Waals surface area (Å²) >= 11 is 2.96. The number of halogens is 4. The molecule has 3 aromatic rings. The minimum Gasteiger partial charge on any atom is -0.352 e. The van der Waals surface area contributed by atoms with Gasteiger partial charge in [0, 0.05) is 27.8 Å². The van der Waals surface area contributed by atoms with Crippen LogP contribution in [0.4, 0.5) is 30.6 Å². The lowest BCUT2D eigenvalue weighted by Gasteiger charge is -2.16. The molecule has 0 spiro atoms. The highest BCUT2D eigenvalue weighted by Gasteiger charge is 2.33. The predicted molar refractivity (Wildman–Crippen MR) is 113 cm³/mol. The first-order valence-electron chi connectivity index (χ1n) is 9.11. The molecule has 0 aliphatic carbocycles. The first kappa shape index (κ1) is 21.1. The summed E-state index contributed by atoms with van der Waals surface area (Å²) in [6.45, 7) is 4.05. The molecule has 29 heavy (non-hydrogen) atoms. The van der Waals surface area contributed by atoms with Crippen molar-refractivity contribution in [2.45, 2.75) is 32.5 Å². The highest BCUT2D eigenvalue weighted by atomic mass is 79.9. The third-order valence-corrected chi connectivity index (χ3v) is 5.02. The Balaban J connectivity index is 1.99. The molecule has 0 saturated carbocycles. The molecule has 0 unspecified atom stereocenters. The third-order valence-electron chi connectivity index (χ3n) is 4.33. The molecule has 2 aromatic carbocycles. The van der Waals surface area contributed by atoms with E-state index in [0.29, 0.717) is 17.5 Å². The summed E-state index contributed by atoms with van der Waals surface area (Å²) in [5.41, 5.74) is 1.09. The van der Waals surface area contributed by atoms with E-state index in [1.165, 1.54) is 6.07 Å². The van der Waals surface area contributed by atoms with Crippen molar-refractivity contribution >= 4 is 33.4 Å². The van der Waals surface area contributed by atoms with Crippen LogP contribution < -0.4 is 10.6 Å². The van der Waals surface area contributed by atoms with Gasteiger partial charge in [0.05, 0.1) is 11.3 Å². The van der Waals surface area contributed by atoms with Crippen molar-refractivity contribution in [3.8, 4) is 11.3 Å². The second kappa shape index (κ2) is 8.82. The average molecular weight is 465 g/mol. The summed E-state index contributed by atoms with van der Waals surface area (Å²) in [7, 11) is 0. The smallest absolute Gasteiger partial charge is 0.352 e. The lowest BCUT2D eigenvalue weighted by atomic mass is 10.1.